The second-order valence-corrected chi connectivity index (χ2v) is 5.31. The summed E-state index contributed by atoms with van der Waals surface area (Å²) in [5.74, 6) is -0.127. The molecule has 0 atom stereocenters. The molecule has 0 unspecified atom stereocenters. The van der Waals surface area contributed by atoms with Gasteiger partial charge in [-0.05, 0) is 19.8 Å². The van der Waals surface area contributed by atoms with E-state index in [9.17, 15) is 10.1 Å². The summed E-state index contributed by atoms with van der Waals surface area (Å²) in [5, 5.41) is 19.1. The molecule has 0 saturated heterocycles. The Kier molecular flexibility index (Phi) is 4.20. The zero-order valence-corrected chi connectivity index (χ0v) is 11.3. The van der Waals surface area contributed by atoms with Crippen LogP contribution in [0.2, 0.25) is 0 Å². The van der Waals surface area contributed by atoms with Crippen molar-refractivity contribution in [3.63, 3.8) is 0 Å². The van der Waals surface area contributed by atoms with Crippen LogP contribution in [0, 0.1) is 23.7 Å². The number of aromatic nitrogens is 2. The Morgan fingerprint density at radius 1 is 1.47 bits per heavy atom. The maximum Gasteiger partial charge on any atom is 0.240 e. The van der Waals surface area contributed by atoms with Gasteiger partial charge in [0.25, 0.3) is 0 Å². The molecule has 1 saturated carbocycles. The van der Waals surface area contributed by atoms with Crippen molar-refractivity contribution in [3.05, 3.63) is 17.5 Å². The smallest absolute Gasteiger partial charge is 0.240 e. The number of rotatable bonds is 3. The molecule has 0 bridgehead atoms. The number of carbonyl (C=O) groups excluding carboxylic acids is 1. The zero-order valence-electron chi connectivity index (χ0n) is 11.3. The van der Waals surface area contributed by atoms with E-state index in [1.165, 1.54) is 0 Å². The minimum atomic E-state index is -0.825. The molecule has 0 aliphatic heterocycles. The van der Waals surface area contributed by atoms with Crippen molar-refractivity contribution in [1.82, 2.24) is 15.5 Å². The molecule has 1 aliphatic carbocycles. The number of hydrogen-bond donors (Lipinski definition) is 2. The molecule has 19 heavy (non-hydrogen) atoms. The van der Waals surface area contributed by atoms with Crippen LogP contribution in [-0.2, 0) is 11.3 Å². The first-order valence-electron chi connectivity index (χ1n) is 6.86. The lowest BCUT2D eigenvalue weighted by Gasteiger charge is -2.23. The maximum absolute atomic E-state index is 12.3. The Morgan fingerprint density at radius 3 is 2.68 bits per heavy atom. The highest BCUT2D eigenvalue weighted by atomic mass is 16.2. The summed E-state index contributed by atoms with van der Waals surface area (Å²) >= 11 is 0. The third kappa shape index (κ3) is 2.95. The number of carbonyl (C=O) groups is 1. The molecule has 5 nitrogen and oxygen atoms in total. The molecule has 0 radical (unpaired) electrons. The molecule has 1 aromatic rings. The molecule has 2 N–H and O–H groups in total. The monoisotopic (exact) mass is 260 g/mol. The van der Waals surface area contributed by atoms with Gasteiger partial charge in [0.1, 0.15) is 5.41 Å². The highest BCUT2D eigenvalue weighted by molar-refractivity contribution is 5.85. The van der Waals surface area contributed by atoms with Gasteiger partial charge in [-0.1, -0.05) is 25.7 Å². The molecule has 1 heterocycles. The van der Waals surface area contributed by atoms with Crippen LogP contribution < -0.4 is 5.32 Å². The van der Waals surface area contributed by atoms with Crippen molar-refractivity contribution in [3.8, 4) is 6.07 Å². The first kappa shape index (κ1) is 13.6. The van der Waals surface area contributed by atoms with E-state index < -0.39 is 5.41 Å². The Bertz CT molecular complexity index is 478. The molecular weight excluding hydrogens is 240 g/mol. The van der Waals surface area contributed by atoms with Gasteiger partial charge < -0.3 is 5.32 Å². The van der Waals surface area contributed by atoms with E-state index in [-0.39, 0.29) is 5.91 Å². The number of amides is 1. The van der Waals surface area contributed by atoms with Gasteiger partial charge >= 0.3 is 0 Å². The van der Waals surface area contributed by atoms with E-state index in [4.69, 9.17) is 0 Å². The van der Waals surface area contributed by atoms with Crippen LogP contribution >= 0.6 is 0 Å². The van der Waals surface area contributed by atoms with Gasteiger partial charge in [-0.25, -0.2) is 0 Å². The number of aryl methyl sites for hydroxylation is 1. The second kappa shape index (κ2) is 5.87. The Labute approximate surface area is 113 Å². The second-order valence-electron chi connectivity index (χ2n) is 5.31. The van der Waals surface area contributed by atoms with Gasteiger partial charge in [0.05, 0.1) is 12.3 Å². The van der Waals surface area contributed by atoms with Crippen LogP contribution in [0.15, 0.2) is 6.20 Å². The Morgan fingerprint density at radius 2 is 2.16 bits per heavy atom. The predicted molar refractivity (Wildman–Crippen MR) is 70.9 cm³/mol. The Balaban J connectivity index is 2.01. The fourth-order valence-electron chi connectivity index (χ4n) is 2.62. The van der Waals surface area contributed by atoms with Gasteiger partial charge in [-0.15, -0.1) is 0 Å². The standard InChI is InChI=1S/C14H20N4O/c1-11-12(9-17-18-11)8-16-13(19)14(10-15)6-4-2-3-5-7-14/h9H,2-8H2,1H3,(H,16,19)(H,17,18). The van der Waals surface area contributed by atoms with Crippen molar-refractivity contribution in [2.75, 3.05) is 0 Å². The van der Waals surface area contributed by atoms with Crippen LogP contribution in [0.25, 0.3) is 0 Å². The highest BCUT2D eigenvalue weighted by Gasteiger charge is 2.38. The lowest BCUT2D eigenvalue weighted by Crippen LogP contribution is -2.39. The molecule has 1 aliphatic rings. The molecule has 0 aromatic carbocycles. The van der Waals surface area contributed by atoms with E-state index >= 15 is 0 Å². The third-order valence-electron chi connectivity index (χ3n) is 3.98. The van der Waals surface area contributed by atoms with E-state index in [2.05, 4.69) is 21.6 Å². The van der Waals surface area contributed by atoms with Crippen LogP contribution in [0.3, 0.4) is 0 Å². The SMILES string of the molecule is Cc1[nH]ncc1CNC(=O)C1(C#N)CCCCCC1. The number of hydrogen-bond acceptors (Lipinski definition) is 3. The predicted octanol–water partition coefficient (Wildman–Crippen LogP) is 2.20. The number of nitriles is 1. The number of H-pyrrole nitrogens is 1. The third-order valence-corrected chi connectivity index (χ3v) is 3.98. The average molecular weight is 260 g/mol. The molecule has 0 spiro atoms. The van der Waals surface area contributed by atoms with Gasteiger partial charge in [0, 0.05) is 17.8 Å². The quantitative estimate of drug-likeness (QED) is 0.817. The summed E-state index contributed by atoms with van der Waals surface area (Å²) in [6.45, 7) is 2.35. The fraction of sp³-hybridized carbons (Fsp3) is 0.643. The Hall–Kier alpha value is -1.83. The summed E-state index contributed by atoms with van der Waals surface area (Å²) in [6, 6.07) is 2.27. The summed E-state index contributed by atoms with van der Waals surface area (Å²) < 4.78 is 0. The van der Waals surface area contributed by atoms with E-state index in [0.717, 1.165) is 36.9 Å². The van der Waals surface area contributed by atoms with Crippen molar-refractivity contribution in [1.29, 1.82) is 5.26 Å². The fourth-order valence-corrected chi connectivity index (χ4v) is 2.62. The minimum absolute atomic E-state index is 0.127. The van der Waals surface area contributed by atoms with Gasteiger partial charge in [0.2, 0.25) is 5.91 Å². The average Bonchev–Trinajstić information content (AvgIpc) is 2.68. The van der Waals surface area contributed by atoms with Gasteiger partial charge in [-0.3, -0.25) is 9.89 Å². The summed E-state index contributed by atoms with van der Waals surface area (Å²) in [7, 11) is 0. The molecule has 1 aromatic heterocycles. The van der Waals surface area contributed by atoms with Crippen LogP contribution in [0.5, 0.6) is 0 Å². The topological polar surface area (TPSA) is 81.6 Å². The summed E-state index contributed by atoms with van der Waals surface area (Å²) in [4.78, 5) is 12.3. The van der Waals surface area contributed by atoms with Crippen LogP contribution in [0.4, 0.5) is 0 Å². The van der Waals surface area contributed by atoms with Crippen molar-refractivity contribution < 1.29 is 4.79 Å². The van der Waals surface area contributed by atoms with Gasteiger partial charge in [-0.2, -0.15) is 10.4 Å². The highest BCUT2D eigenvalue weighted by Crippen LogP contribution is 2.34. The largest absolute Gasteiger partial charge is 0.351 e. The van der Waals surface area contributed by atoms with E-state index in [0.29, 0.717) is 19.4 Å². The van der Waals surface area contributed by atoms with Crippen molar-refractivity contribution >= 4 is 5.91 Å². The first-order chi connectivity index (χ1) is 9.18. The van der Waals surface area contributed by atoms with E-state index in [1.807, 2.05) is 6.92 Å². The summed E-state index contributed by atoms with van der Waals surface area (Å²) in [6.07, 6.45) is 7.24. The summed E-state index contributed by atoms with van der Waals surface area (Å²) in [5.41, 5.74) is 1.09. The zero-order chi connectivity index (χ0) is 13.7. The number of nitrogens with one attached hydrogen (secondary N) is 2. The maximum atomic E-state index is 12.3. The van der Waals surface area contributed by atoms with Crippen molar-refractivity contribution in [2.45, 2.75) is 52.0 Å². The minimum Gasteiger partial charge on any atom is -0.351 e. The molecule has 1 amide bonds. The first-order valence-corrected chi connectivity index (χ1v) is 6.86. The molecule has 5 heteroatoms. The lowest BCUT2D eigenvalue weighted by atomic mass is 9.81. The van der Waals surface area contributed by atoms with Gasteiger partial charge in [0.15, 0.2) is 0 Å². The normalized spacial score (nSPS) is 18.3. The lowest BCUT2D eigenvalue weighted by molar-refractivity contribution is -0.129. The molecule has 2 rings (SSSR count). The van der Waals surface area contributed by atoms with E-state index in [1.54, 1.807) is 6.20 Å². The number of nitrogens with zero attached hydrogens (tertiary/aromatic N) is 2. The molecular formula is C14H20N4O. The van der Waals surface area contributed by atoms with Crippen LogP contribution in [0.1, 0.15) is 49.8 Å². The molecule has 1 fully saturated rings. The van der Waals surface area contributed by atoms with Crippen molar-refractivity contribution in [2.24, 2.45) is 5.41 Å². The number of aromatic amines is 1. The molecule has 102 valence electrons. The van der Waals surface area contributed by atoms with Crippen LogP contribution in [-0.4, -0.2) is 16.1 Å².